The molecule has 0 bridgehead atoms. The molecule has 0 saturated carbocycles. The van der Waals surface area contributed by atoms with E-state index in [2.05, 4.69) is 6.92 Å². The van der Waals surface area contributed by atoms with Crippen LogP contribution < -0.4 is 5.73 Å². The molecule has 0 aliphatic carbocycles. The first-order chi connectivity index (χ1) is 9.01. The van der Waals surface area contributed by atoms with Gasteiger partial charge in [-0.05, 0) is 55.3 Å². The van der Waals surface area contributed by atoms with Crippen molar-refractivity contribution >= 4 is 17.6 Å². The van der Waals surface area contributed by atoms with E-state index >= 15 is 0 Å². The summed E-state index contributed by atoms with van der Waals surface area (Å²) in [6, 6.07) is 7.86. The van der Waals surface area contributed by atoms with Gasteiger partial charge in [-0.3, -0.25) is 4.79 Å². The zero-order valence-corrected chi connectivity index (χ0v) is 12.1. The number of benzene rings is 1. The summed E-state index contributed by atoms with van der Waals surface area (Å²) in [6.07, 6.45) is 3.07. The number of aryl methyl sites for hydroxylation is 1. The molecule has 106 valence electrons. The van der Waals surface area contributed by atoms with Crippen LogP contribution in [-0.4, -0.2) is 17.6 Å². The number of rotatable bonds is 8. The van der Waals surface area contributed by atoms with Crippen LogP contribution in [0.15, 0.2) is 24.3 Å². The minimum atomic E-state index is -0.764. The predicted molar refractivity (Wildman–Crippen MR) is 78.4 cm³/mol. The molecule has 0 aromatic heterocycles. The van der Waals surface area contributed by atoms with E-state index in [1.54, 1.807) is 0 Å². The van der Waals surface area contributed by atoms with Crippen LogP contribution in [0.5, 0.6) is 0 Å². The van der Waals surface area contributed by atoms with Gasteiger partial charge in [-0.2, -0.15) is 0 Å². The van der Waals surface area contributed by atoms with Gasteiger partial charge in [-0.25, -0.2) is 0 Å². The topological polar surface area (TPSA) is 63.3 Å². The second kappa shape index (κ2) is 8.18. The van der Waals surface area contributed by atoms with Crippen molar-refractivity contribution in [3.63, 3.8) is 0 Å². The highest BCUT2D eigenvalue weighted by Gasteiger charge is 2.15. The molecule has 0 radical (unpaired) electrons. The Hall–Kier alpha value is -1.06. The third kappa shape index (κ3) is 6.60. The summed E-state index contributed by atoms with van der Waals surface area (Å²) >= 11 is 5.84. The van der Waals surface area contributed by atoms with Gasteiger partial charge in [0, 0.05) is 11.4 Å². The molecular formula is C15H22ClNO2. The minimum absolute atomic E-state index is 0.0812. The molecule has 0 spiro atoms. The number of carboxylic acids is 1. The van der Waals surface area contributed by atoms with Crippen molar-refractivity contribution in [2.75, 3.05) is 6.54 Å². The maximum atomic E-state index is 10.7. The fourth-order valence-electron chi connectivity index (χ4n) is 2.26. The van der Waals surface area contributed by atoms with E-state index in [1.165, 1.54) is 5.56 Å². The number of carboxylic acid groups (broad SMARTS) is 1. The molecule has 1 aromatic rings. The van der Waals surface area contributed by atoms with Crippen molar-refractivity contribution in [2.24, 2.45) is 17.6 Å². The van der Waals surface area contributed by atoms with E-state index in [0.29, 0.717) is 12.5 Å². The number of halogens is 1. The number of nitrogens with two attached hydrogens (primary N) is 1. The quantitative estimate of drug-likeness (QED) is 0.769. The van der Waals surface area contributed by atoms with Crippen molar-refractivity contribution in [3.8, 4) is 0 Å². The minimum Gasteiger partial charge on any atom is -0.481 e. The maximum absolute atomic E-state index is 10.7. The summed E-state index contributed by atoms with van der Waals surface area (Å²) in [5.41, 5.74) is 6.88. The Morgan fingerprint density at radius 3 is 2.53 bits per heavy atom. The standard InChI is InChI=1S/C15H22ClNO2/c1-11(8-13(10-17)9-15(18)19)2-3-12-4-6-14(16)7-5-12/h4-7,11,13H,2-3,8-10,17H2,1H3,(H,18,19)/t11-,13+/m1/s1. The second-order valence-electron chi connectivity index (χ2n) is 5.21. The summed E-state index contributed by atoms with van der Waals surface area (Å²) in [6.45, 7) is 2.60. The Labute approximate surface area is 119 Å². The van der Waals surface area contributed by atoms with Gasteiger partial charge in [0.15, 0.2) is 0 Å². The molecule has 0 heterocycles. The third-order valence-corrected chi connectivity index (χ3v) is 3.62. The monoisotopic (exact) mass is 283 g/mol. The first-order valence-electron chi connectivity index (χ1n) is 6.67. The first kappa shape index (κ1) is 16.0. The Kier molecular flexibility index (Phi) is 6.89. The van der Waals surface area contributed by atoms with Crippen LogP contribution in [0.2, 0.25) is 5.02 Å². The normalized spacial score (nSPS) is 14.1. The van der Waals surface area contributed by atoms with Crippen LogP contribution in [0, 0.1) is 11.8 Å². The lowest BCUT2D eigenvalue weighted by atomic mass is 9.89. The lowest BCUT2D eigenvalue weighted by Gasteiger charge is -2.18. The van der Waals surface area contributed by atoms with Gasteiger partial charge in [-0.1, -0.05) is 30.7 Å². The predicted octanol–water partition coefficient (Wildman–Crippen LogP) is 3.35. The molecule has 0 saturated heterocycles. The smallest absolute Gasteiger partial charge is 0.303 e. The van der Waals surface area contributed by atoms with Gasteiger partial charge in [0.25, 0.3) is 0 Å². The van der Waals surface area contributed by atoms with Crippen LogP contribution in [0.25, 0.3) is 0 Å². The zero-order chi connectivity index (χ0) is 14.3. The van der Waals surface area contributed by atoms with Crippen LogP contribution in [0.1, 0.15) is 31.7 Å². The lowest BCUT2D eigenvalue weighted by Crippen LogP contribution is -2.20. The Balaban J connectivity index is 2.35. The Bertz CT molecular complexity index is 392. The van der Waals surface area contributed by atoms with E-state index in [1.807, 2.05) is 24.3 Å². The van der Waals surface area contributed by atoms with Crippen LogP contribution in [0.4, 0.5) is 0 Å². The summed E-state index contributed by atoms with van der Waals surface area (Å²) in [5, 5.41) is 9.55. The number of aliphatic carboxylic acids is 1. The number of hydrogen-bond acceptors (Lipinski definition) is 2. The molecule has 0 aliphatic rings. The van der Waals surface area contributed by atoms with Gasteiger partial charge >= 0.3 is 5.97 Å². The molecule has 2 atom stereocenters. The average Bonchev–Trinajstić information content (AvgIpc) is 2.36. The molecule has 3 N–H and O–H groups in total. The molecule has 1 aromatic carbocycles. The second-order valence-corrected chi connectivity index (χ2v) is 5.64. The highest BCUT2D eigenvalue weighted by molar-refractivity contribution is 6.30. The van der Waals surface area contributed by atoms with E-state index in [0.717, 1.165) is 24.3 Å². The summed E-state index contributed by atoms with van der Waals surface area (Å²) in [7, 11) is 0. The van der Waals surface area contributed by atoms with Gasteiger partial charge < -0.3 is 10.8 Å². The Morgan fingerprint density at radius 1 is 1.37 bits per heavy atom. The number of carbonyl (C=O) groups is 1. The van der Waals surface area contributed by atoms with Gasteiger partial charge in [0.05, 0.1) is 0 Å². The van der Waals surface area contributed by atoms with Crippen LogP contribution in [0.3, 0.4) is 0 Å². The lowest BCUT2D eigenvalue weighted by molar-refractivity contribution is -0.138. The van der Waals surface area contributed by atoms with Crippen molar-refractivity contribution in [3.05, 3.63) is 34.9 Å². The maximum Gasteiger partial charge on any atom is 0.303 e. The van der Waals surface area contributed by atoms with Crippen LogP contribution >= 0.6 is 11.6 Å². The van der Waals surface area contributed by atoms with Gasteiger partial charge in [0.1, 0.15) is 0 Å². The third-order valence-electron chi connectivity index (χ3n) is 3.37. The average molecular weight is 284 g/mol. The molecule has 4 heteroatoms. The SMILES string of the molecule is C[C@H](CCc1ccc(Cl)cc1)C[C@H](CN)CC(=O)O. The van der Waals surface area contributed by atoms with E-state index in [-0.39, 0.29) is 12.3 Å². The molecule has 1 rings (SSSR count). The fraction of sp³-hybridized carbons (Fsp3) is 0.533. The summed E-state index contributed by atoms with van der Waals surface area (Å²) in [4.78, 5) is 10.7. The van der Waals surface area contributed by atoms with Crippen molar-refractivity contribution in [1.82, 2.24) is 0 Å². The van der Waals surface area contributed by atoms with Crippen molar-refractivity contribution in [1.29, 1.82) is 0 Å². The molecule has 0 unspecified atom stereocenters. The molecule has 0 amide bonds. The summed E-state index contributed by atoms with van der Waals surface area (Å²) in [5.74, 6) is -0.207. The highest BCUT2D eigenvalue weighted by Crippen LogP contribution is 2.20. The first-order valence-corrected chi connectivity index (χ1v) is 7.05. The summed E-state index contributed by atoms with van der Waals surface area (Å²) < 4.78 is 0. The molecule has 0 aliphatic heterocycles. The molecule has 3 nitrogen and oxygen atoms in total. The molecule has 0 fully saturated rings. The molecular weight excluding hydrogens is 262 g/mol. The number of hydrogen-bond donors (Lipinski definition) is 2. The fourth-order valence-corrected chi connectivity index (χ4v) is 2.39. The van der Waals surface area contributed by atoms with E-state index < -0.39 is 5.97 Å². The molecule has 19 heavy (non-hydrogen) atoms. The Morgan fingerprint density at radius 2 is 2.00 bits per heavy atom. The highest BCUT2D eigenvalue weighted by atomic mass is 35.5. The van der Waals surface area contributed by atoms with E-state index in [9.17, 15) is 4.79 Å². The van der Waals surface area contributed by atoms with Crippen molar-refractivity contribution < 1.29 is 9.90 Å². The largest absolute Gasteiger partial charge is 0.481 e. The van der Waals surface area contributed by atoms with Gasteiger partial charge in [-0.15, -0.1) is 0 Å². The van der Waals surface area contributed by atoms with E-state index in [4.69, 9.17) is 22.4 Å². The van der Waals surface area contributed by atoms with Gasteiger partial charge in [0.2, 0.25) is 0 Å². The van der Waals surface area contributed by atoms with Crippen molar-refractivity contribution in [2.45, 2.75) is 32.6 Å². The zero-order valence-electron chi connectivity index (χ0n) is 11.3. The van der Waals surface area contributed by atoms with Crippen LogP contribution in [-0.2, 0) is 11.2 Å².